The number of hydrogen-bond donors (Lipinski definition) is 2. The number of amides is 1. The number of para-hydroxylation sites is 1. The Morgan fingerprint density at radius 3 is 2.75 bits per heavy atom. The molecule has 1 fully saturated rings. The largest absolute Gasteiger partial charge is 0.496 e. The van der Waals surface area contributed by atoms with Gasteiger partial charge in [0.1, 0.15) is 5.75 Å². The summed E-state index contributed by atoms with van der Waals surface area (Å²) in [5.41, 5.74) is 1.00. The molecule has 1 aromatic carbocycles. The van der Waals surface area contributed by atoms with Gasteiger partial charge in [0.15, 0.2) is 0 Å². The van der Waals surface area contributed by atoms with Gasteiger partial charge >= 0.3 is 0 Å². The van der Waals surface area contributed by atoms with Gasteiger partial charge in [0.25, 0.3) is 0 Å². The molecule has 2 N–H and O–H groups in total. The fourth-order valence-electron chi connectivity index (χ4n) is 2.76. The molecule has 0 aliphatic heterocycles. The molecule has 1 aliphatic rings. The number of nitrogens with one attached hydrogen (secondary N) is 2. The molecule has 0 aromatic heterocycles. The van der Waals surface area contributed by atoms with Crippen molar-refractivity contribution in [2.75, 3.05) is 13.7 Å². The second-order valence-electron chi connectivity index (χ2n) is 5.39. The van der Waals surface area contributed by atoms with E-state index >= 15 is 0 Å². The van der Waals surface area contributed by atoms with Crippen molar-refractivity contribution in [3.8, 4) is 5.75 Å². The predicted octanol–water partition coefficient (Wildman–Crippen LogP) is 2.40. The highest BCUT2D eigenvalue weighted by Gasteiger charge is 2.17. The van der Waals surface area contributed by atoms with Crippen molar-refractivity contribution in [3.05, 3.63) is 29.8 Å². The fraction of sp³-hybridized carbons (Fsp3) is 0.562. The van der Waals surface area contributed by atoms with E-state index in [0.29, 0.717) is 12.6 Å². The average Bonchev–Trinajstić information content (AvgIpc) is 2.98. The molecule has 4 heteroatoms. The lowest BCUT2D eigenvalue weighted by Crippen LogP contribution is -2.39. The second-order valence-corrected chi connectivity index (χ2v) is 5.39. The summed E-state index contributed by atoms with van der Waals surface area (Å²) in [4.78, 5) is 12.0. The topological polar surface area (TPSA) is 50.4 Å². The van der Waals surface area contributed by atoms with E-state index in [-0.39, 0.29) is 11.9 Å². The van der Waals surface area contributed by atoms with Crippen molar-refractivity contribution in [1.82, 2.24) is 10.6 Å². The van der Waals surface area contributed by atoms with Gasteiger partial charge in [0.2, 0.25) is 5.91 Å². The summed E-state index contributed by atoms with van der Waals surface area (Å²) in [7, 11) is 1.65. The first-order valence-electron chi connectivity index (χ1n) is 7.36. The summed E-state index contributed by atoms with van der Waals surface area (Å²) in [5, 5.41) is 6.34. The Morgan fingerprint density at radius 1 is 1.35 bits per heavy atom. The lowest BCUT2D eigenvalue weighted by Gasteiger charge is -2.18. The average molecular weight is 276 g/mol. The monoisotopic (exact) mass is 276 g/mol. The first-order chi connectivity index (χ1) is 9.70. The Kier molecular flexibility index (Phi) is 5.41. The molecule has 1 unspecified atom stereocenters. The maximum Gasteiger partial charge on any atom is 0.234 e. The number of carbonyl (C=O) groups is 1. The van der Waals surface area contributed by atoms with Crippen LogP contribution in [-0.4, -0.2) is 25.6 Å². The van der Waals surface area contributed by atoms with Crippen LogP contribution in [0.3, 0.4) is 0 Å². The SMILES string of the molecule is COc1ccccc1C(C)NC(=O)CNC1CCCC1. The van der Waals surface area contributed by atoms with Crippen LogP contribution in [0.25, 0.3) is 0 Å². The van der Waals surface area contributed by atoms with Gasteiger partial charge < -0.3 is 15.4 Å². The van der Waals surface area contributed by atoms with Gasteiger partial charge in [-0.05, 0) is 25.8 Å². The Bertz CT molecular complexity index is 442. The van der Waals surface area contributed by atoms with E-state index in [0.717, 1.165) is 11.3 Å². The van der Waals surface area contributed by atoms with Crippen LogP contribution in [0, 0.1) is 0 Å². The third kappa shape index (κ3) is 3.97. The highest BCUT2D eigenvalue weighted by Crippen LogP contribution is 2.24. The van der Waals surface area contributed by atoms with Gasteiger partial charge in [-0.2, -0.15) is 0 Å². The quantitative estimate of drug-likeness (QED) is 0.839. The Hall–Kier alpha value is -1.55. The third-order valence-electron chi connectivity index (χ3n) is 3.89. The normalized spacial score (nSPS) is 16.9. The van der Waals surface area contributed by atoms with E-state index in [1.165, 1.54) is 25.7 Å². The van der Waals surface area contributed by atoms with Gasteiger partial charge in [-0.1, -0.05) is 31.0 Å². The van der Waals surface area contributed by atoms with Crippen molar-refractivity contribution in [1.29, 1.82) is 0 Å². The number of ether oxygens (including phenoxy) is 1. The Balaban J connectivity index is 1.83. The molecule has 2 rings (SSSR count). The molecule has 1 aliphatic carbocycles. The number of methoxy groups -OCH3 is 1. The molecule has 0 heterocycles. The van der Waals surface area contributed by atoms with E-state index in [1.807, 2.05) is 31.2 Å². The van der Waals surface area contributed by atoms with Gasteiger partial charge in [0.05, 0.1) is 19.7 Å². The van der Waals surface area contributed by atoms with E-state index in [9.17, 15) is 4.79 Å². The zero-order chi connectivity index (χ0) is 14.4. The summed E-state index contributed by atoms with van der Waals surface area (Å²) >= 11 is 0. The molecule has 0 saturated heterocycles. The fourth-order valence-corrected chi connectivity index (χ4v) is 2.76. The van der Waals surface area contributed by atoms with Crippen molar-refractivity contribution in [2.24, 2.45) is 0 Å². The summed E-state index contributed by atoms with van der Waals surface area (Å²) in [6.45, 7) is 2.37. The predicted molar refractivity (Wildman–Crippen MR) is 79.8 cm³/mol. The van der Waals surface area contributed by atoms with Crippen LogP contribution in [-0.2, 0) is 4.79 Å². The zero-order valence-corrected chi connectivity index (χ0v) is 12.3. The Morgan fingerprint density at radius 2 is 2.05 bits per heavy atom. The van der Waals surface area contributed by atoms with Gasteiger partial charge in [0, 0.05) is 11.6 Å². The maximum absolute atomic E-state index is 12.0. The summed E-state index contributed by atoms with van der Waals surface area (Å²) in [6.07, 6.45) is 4.93. The van der Waals surface area contributed by atoms with E-state index in [2.05, 4.69) is 10.6 Å². The summed E-state index contributed by atoms with van der Waals surface area (Å²) < 4.78 is 5.32. The smallest absolute Gasteiger partial charge is 0.234 e. The van der Waals surface area contributed by atoms with Crippen LogP contribution in [0.5, 0.6) is 5.75 Å². The van der Waals surface area contributed by atoms with Crippen LogP contribution >= 0.6 is 0 Å². The van der Waals surface area contributed by atoms with Crippen LogP contribution in [0.1, 0.15) is 44.2 Å². The lowest BCUT2D eigenvalue weighted by atomic mass is 10.1. The molecule has 1 atom stereocenters. The van der Waals surface area contributed by atoms with Crippen molar-refractivity contribution in [2.45, 2.75) is 44.7 Å². The van der Waals surface area contributed by atoms with Crippen molar-refractivity contribution < 1.29 is 9.53 Å². The molecule has 0 radical (unpaired) electrons. The van der Waals surface area contributed by atoms with Crippen LogP contribution in [0.4, 0.5) is 0 Å². The molecular formula is C16H24N2O2. The van der Waals surface area contributed by atoms with Gasteiger partial charge in [-0.25, -0.2) is 0 Å². The lowest BCUT2D eigenvalue weighted by molar-refractivity contribution is -0.121. The van der Waals surface area contributed by atoms with Gasteiger partial charge in [-0.3, -0.25) is 4.79 Å². The van der Waals surface area contributed by atoms with E-state index in [4.69, 9.17) is 4.74 Å². The van der Waals surface area contributed by atoms with Crippen LogP contribution in [0.2, 0.25) is 0 Å². The molecule has 20 heavy (non-hydrogen) atoms. The Labute approximate surface area is 120 Å². The minimum atomic E-state index is -0.0518. The molecule has 110 valence electrons. The second kappa shape index (κ2) is 7.29. The minimum absolute atomic E-state index is 0.0373. The zero-order valence-electron chi connectivity index (χ0n) is 12.3. The van der Waals surface area contributed by atoms with Crippen LogP contribution < -0.4 is 15.4 Å². The van der Waals surface area contributed by atoms with E-state index < -0.39 is 0 Å². The highest BCUT2D eigenvalue weighted by atomic mass is 16.5. The molecule has 0 bridgehead atoms. The standard InChI is InChI=1S/C16H24N2O2/c1-12(14-9-5-6-10-15(14)20-2)18-16(19)11-17-13-7-3-4-8-13/h5-6,9-10,12-13,17H,3-4,7-8,11H2,1-2H3,(H,18,19). The number of carbonyl (C=O) groups excluding carboxylic acids is 1. The summed E-state index contributed by atoms with van der Waals surface area (Å²) in [6, 6.07) is 8.24. The first-order valence-corrected chi connectivity index (χ1v) is 7.36. The van der Waals surface area contributed by atoms with Crippen molar-refractivity contribution in [3.63, 3.8) is 0 Å². The minimum Gasteiger partial charge on any atom is -0.496 e. The molecule has 1 amide bonds. The molecule has 4 nitrogen and oxygen atoms in total. The van der Waals surface area contributed by atoms with Crippen molar-refractivity contribution >= 4 is 5.91 Å². The molecule has 0 spiro atoms. The molecular weight excluding hydrogens is 252 g/mol. The van der Waals surface area contributed by atoms with Crippen LogP contribution in [0.15, 0.2) is 24.3 Å². The third-order valence-corrected chi connectivity index (χ3v) is 3.89. The van der Waals surface area contributed by atoms with Gasteiger partial charge in [-0.15, -0.1) is 0 Å². The molecule has 1 aromatic rings. The van der Waals surface area contributed by atoms with E-state index in [1.54, 1.807) is 7.11 Å². The number of hydrogen-bond acceptors (Lipinski definition) is 3. The maximum atomic E-state index is 12.0. The molecule has 1 saturated carbocycles. The summed E-state index contributed by atoms with van der Waals surface area (Å²) in [5.74, 6) is 0.847. The number of rotatable bonds is 6. The highest BCUT2D eigenvalue weighted by molar-refractivity contribution is 5.78. The first kappa shape index (κ1) is 14.9. The number of benzene rings is 1.